The van der Waals surface area contributed by atoms with Gasteiger partial charge in [-0.1, -0.05) is 6.07 Å². The molecule has 0 bridgehead atoms. The second-order valence-electron chi connectivity index (χ2n) is 6.43. The van der Waals surface area contributed by atoms with Gasteiger partial charge in [0.25, 0.3) is 0 Å². The third-order valence-corrected chi connectivity index (χ3v) is 4.70. The number of rotatable bonds is 2. The first-order valence-corrected chi connectivity index (χ1v) is 8.12. The molecule has 0 unspecified atom stereocenters. The van der Waals surface area contributed by atoms with E-state index in [2.05, 4.69) is 6.07 Å². The van der Waals surface area contributed by atoms with Crippen LogP contribution in [0.1, 0.15) is 38.2 Å². The van der Waals surface area contributed by atoms with Crippen molar-refractivity contribution in [3.05, 3.63) is 74.1 Å². The van der Waals surface area contributed by atoms with E-state index < -0.39 is 11.6 Å². The van der Waals surface area contributed by atoms with Crippen molar-refractivity contribution in [3.8, 4) is 5.75 Å². The highest BCUT2D eigenvalue weighted by atomic mass is 16.5. The molecule has 0 atom stereocenters. The van der Waals surface area contributed by atoms with Crippen molar-refractivity contribution < 1.29 is 13.9 Å². The lowest BCUT2D eigenvalue weighted by molar-refractivity contribution is 0.0733. The van der Waals surface area contributed by atoms with Gasteiger partial charge >= 0.3 is 11.6 Å². The summed E-state index contributed by atoms with van der Waals surface area (Å²) in [7, 11) is 0. The minimum atomic E-state index is -0.422. The molecule has 4 nitrogen and oxygen atoms in total. The fourth-order valence-electron chi connectivity index (χ4n) is 3.05. The minimum absolute atomic E-state index is 0.351. The van der Waals surface area contributed by atoms with E-state index in [9.17, 15) is 9.59 Å². The molecule has 0 N–H and O–H groups in total. The van der Waals surface area contributed by atoms with Gasteiger partial charge in [-0.15, -0.1) is 0 Å². The number of esters is 1. The number of carbonyl (C=O) groups excluding carboxylic acids is 1. The molecule has 3 aromatic rings. The molecule has 0 aliphatic heterocycles. The zero-order chi connectivity index (χ0) is 18.3. The van der Waals surface area contributed by atoms with E-state index in [0.717, 1.165) is 33.2 Å². The van der Waals surface area contributed by atoms with Crippen LogP contribution in [-0.2, 0) is 0 Å². The molecule has 0 aliphatic carbocycles. The van der Waals surface area contributed by atoms with Gasteiger partial charge in [0.1, 0.15) is 11.3 Å². The molecule has 1 aromatic heterocycles. The van der Waals surface area contributed by atoms with Gasteiger partial charge < -0.3 is 9.15 Å². The summed E-state index contributed by atoms with van der Waals surface area (Å²) in [6, 6.07) is 8.58. The molecule has 0 amide bonds. The first-order chi connectivity index (χ1) is 11.8. The maximum absolute atomic E-state index is 12.7. The summed E-state index contributed by atoms with van der Waals surface area (Å²) in [6.07, 6.45) is 0. The van der Waals surface area contributed by atoms with Crippen molar-refractivity contribution in [2.75, 3.05) is 0 Å². The maximum Gasteiger partial charge on any atom is 0.344 e. The zero-order valence-corrected chi connectivity index (χ0v) is 15.0. The predicted octanol–water partition coefficient (Wildman–Crippen LogP) is 4.55. The van der Waals surface area contributed by atoms with Crippen molar-refractivity contribution in [2.45, 2.75) is 34.6 Å². The number of ether oxygens (including phenoxy) is 1. The van der Waals surface area contributed by atoms with E-state index in [1.807, 2.05) is 34.6 Å². The number of hydrogen-bond donors (Lipinski definition) is 0. The second kappa shape index (κ2) is 6.20. The van der Waals surface area contributed by atoms with Crippen LogP contribution in [-0.4, -0.2) is 5.97 Å². The molecule has 0 saturated heterocycles. The summed E-state index contributed by atoms with van der Waals surface area (Å²) in [5, 5.41) is 0.818. The zero-order valence-electron chi connectivity index (χ0n) is 15.0. The molecule has 0 saturated carbocycles. The van der Waals surface area contributed by atoms with Gasteiger partial charge in [0.2, 0.25) is 0 Å². The van der Waals surface area contributed by atoms with E-state index in [1.165, 1.54) is 6.07 Å². The summed E-state index contributed by atoms with van der Waals surface area (Å²) in [5.74, 6) is -0.0552. The predicted molar refractivity (Wildman–Crippen MR) is 97.6 cm³/mol. The SMILES string of the molecule is Cc1cc(C)c(C)c(C(=O)Oc2ccc3c(C)cc(=O)oc3c2)c1C. The van der Waals surface area contributed by atoms with Crippen LogP contribution in [0.2, 0.25) is 0 Å². The van der Waals surface area contributed by atoms with Crippen LogP contribution in [0.5, 0.6) is 5.75 Å². The molecular formula is C21H20O4. The van der Waals surface area contributed by atoms with Crippen LogP contribution in [0, 0.1) is 34.6 Å². The Hall–Kier alpha value is -2.88. The minimum Gasteiger partial charge on any atom is -0.423 e. The lowest BCUT2D eigenvalue weighted by atomic mass is 9.94. The summed E-state index contributed by atoms with van der Waals surface area (Å²) in [6.45, 7) is 9.63. The first kappa shape index (κ1) is 17.0. The number of benzene rings is 2. The molecule has 0 spiro atoms. The Kier molecular flexibility index (Phi) is 4.21. The fraction of sp³-hybridized carbons (Fsp3) is 0.238. The number of fused-ring (bicyclic) bond motifs is 1. The van der Waals surface area contributed by atoms with Crippen molar-refractivity contribution in [3.63, 3.8) is 0 Å². The second-order valence-corrected chi connectivity index (χ2v) is 6.43. The Balaban J connectivity index is 2.02. The van der Waals surface area contributed by atoms with Gasteiger partial charge in [0.15, 0.2) is 0 Å². The van der Waals surface area contributed by atoms with Gasteiger partial charge in [-0.2, -0.15) is 0 Å². The highest BCUT2D eigenvalue weighted by Crippen LogP contribution is 2.26. The van der Waals surface area contributed by atoms with Gasteiger partial charge in [0.05, 0.1) is 5.56 Å². The lowest BCUT2D eigenvalue weighted by Crippen LogP contribution is -2.14. The molecule has 0 radical (unpaired) electrons. The van der Waals surface area contributed by atoms with E-state index in [0.29, 0.717) is 16.9 Å². The van der Waals surface area contributed by atoms with Crippen molar-refractivity contribution >= 4 is 16.9 Å². The van der Waals surface area contributed by atoms with Crippen LogP contribution in [0.3, 0.4) is 0 Å². The molecule has 1 heterocycles. The number of carbonyl (C=O) groups is 1. The summed E-state index contributed by atoms with van der Waals surface area (Å²) >= 11 is 0. The van der Waals surface area contributed by atoms with Crippen LogP contribution >= 0.6 is 0 Å². The third kappa shape index (κ3) is 3.07. The number of hydrogen-bond acceptors (Lipinski definition) is 4. The normalized spacial score (nSPS) is 10.9. The Labute approximate surface area is 146 Å². The first-order valence-electron chi connectivity index (χ1n) is 8.12. The Morgan fingerprint density at radius 3 is 2.16 bits per heavy atom. The van der Waals surface area contributed by atoms with Gasteiger partial charge in [0, 0.05) is 17.5 Å². The highest BCUT2D eigenvalue weighted by molar-refractivity contribution is 5.95. The van der Waals surface area contributed by atoms with Crippen LogP contribution in [0.4, 0.5) is 0 Å². The van der Waals surface area contributed by atoms with Gasteiger partial charge in [-0.25, -0.2) is 9.59 Å². The Morgan fingerprint density at radius 2 is 1.52 bits per heavy atom. The van der Waals surface area contributed by atoms with Crippen molar-refractivity contribution in [1.82, 2.24) is 0 Å². The van der Waals surface area contributed by atoms with Gasteiger partial charge in [-0.05, 0) is 74.6 Å². The van der Waals surface area contributed by atoms with Crippen LogP contribution < -0.4 is 10.4 Å². The topological polar surface area (TPSA) is 56.5 Å². The van der Waals surface area contributed by atoms with Crippen LogP contribution in [0.25, 0.3) is 11.0 Å². The van der Waals surface area contributed by atoms with E-state index in [-0.39, 0.29) is 0 Å². The highest BCUT2D eigenvalue weighted by Gasteiger charge is 2.18. The molecule has 3 rings (SSSR count). The van der Waals surface area contributed by atoms with Crippen molar-refractivity contribution in [2.24, 2.45) is 0 Å². The molecule has 128 valence electrons. The smallest absolute Gasteiger partial charge is 0.344 e. The summed E-state index contributed by atoms with van der Waals surface area (Å²) < 4.78 is 10.8. The van der Waals surface area contributed by atoms with Crippen LogP contribution in [0.15, 0.2) is 39.5 Å². The maximum atomic E-state index is 12.7. The largest absolute Gasteiger partial charge is 0.423 e. The average molecular weight is 336 g/mol. The standard InChI is InChI=1S/C21H20O4/c1-11-8-12(2)15(5)20(14(11)4)21(23)24-16-6-7-17-13(3)9-19(22)25-18(17)10-16/h6-10H,1-5H3. The molecule has 25 heavy (non-hydrogen) atoms. The van der Waals surface area contributed by atoms with E-state index in [1.54, 1.807) is 18.2 Å². The molecular weight excluding hydrogens is 316 g/mol. The quantitative estimate of drug-likeness (QED) is 0.391. The third-order valence-electron chi connectivity index (χ3n) is 4.70. The Bertz CT molecular complexity index is 1030. The van der Waals surface area contributed by atoms with Crippen molar-refractivity contribution in [1.29, 1.82) is 0 Å². The average Bonchev–Trinajstić information content (AvgIpc) is 2.52. The summed E-state index contributed by atoms with van der Waals surface area (Å²) in [5.41, 5.74) is 5.32. The Morgan fingerprint density at radius 1 is 0.880 bits per heavy atom. The monoisotopic (exact) mass is 336 g/mol. The molecule has 2 aromatic carbocycles. The fourth-order valence-corrected chi connectivity index (χ4v) is 3.05. The molecule has 4 heteroatoms. The lowest BCUT2D eigenvalue weighted by Gasteiger charge is -2.14. The van der Waals surface area contributed by atoms with Gasteiger partial charge in [-0.3, -0.25) is 0 Å². The molecule has 0 fully saturated rings. The van der Waals surface area contributed by atoms with E-state index >= 15 is 0 Å². The summed E-state index contributed by atoms with van der Waals surface area (Å²) in [4.78, 5) is 24.3. The number of aryl methyl sites for hydroxylation is 3. The van der Waals surface area contributed by atoms with E-state index in [4.69, 9.17) is 9.15 Å². The molecule has 0 aliphatic rings.